The van der Waals surface area contributed by atoms with E-state index in [1.807, 2.05) is 53.2 Å². The standard InChI is InChI=1S/C19H18N4O2S/c1-12-17(13-4-8-15(24-2)9-5-13)22-23-18(20-21-19(23)26-12)14-6-10-16(25-3)11-7-14/h4-12H,1-3H3/t12-/m0/s1. The van der Waals surface area contributed by atoms with E-state index in [1.54, 1.807) is 26.0 Å². The lowest BCUT2D eigenvalue weighted by Gasteiger charge is -2.20. The van der Waals surface area contributed by atoms with Crippen LogP contribution in [0.15, 0.2) is 58.8 Å². The topological polar surface area (TPSA) is 61.5 Å². The maximum atomic E-state index is 5.24. The van der Waals surface area contributed by atoms with Crippen molar-refractivity contribution in [3.63, 3.8) is 0 Å². The highest BCUT2D eigenvalue weighted by Gasteiger charge is 2.26. The van der Waals surface area contributed by atoms with Gasteiger partial charge in [-0.3, -0.25) is 0 Å². The number of methoxy groups -OCH3 is 2. The van der Waals surface area contributed by atoms with Crippen LogP contribution < -0.4 is 9.47 Å². The summed E-state index contributed by atoms with van der Waals surface area (Å²) in [6.45, 7) is 2.12. The molecular formula is C19H18N4O2S. The summed E-state index contributed by atoms with van der Waals surface area (Å²) in [6, 6.07) is 15.7. The molecule has 6 nitrogen and oxygen atoms in total. The van der Waals surface area contributed by atoms with Crippen molar-refractivity contribution in [3.05, 3.63) is 54.1 Å². The maximum Gasteiger partial charge on any atom is 0.213 e. The van der Waals surface area contributed by atoms with Crippen LogP contribution in [0.2, 0.25) is 0 Å². The molecule has 0 fully saturated rings. The molecule has 0 radical (unpaired) electrons. The number of hydrogen-bond acceptors (Lipinski definition) is 6. The molecule has 4 rings (SSSR count). The molecule has 1 aliphatic heterocycles. The third kappa shape index (κ3) is 2.94. The van der Waals surface area contributed by atoms with Gasteiger partial charge in [-0.05, 0) is 61.0 Å². The van der Waals surface area contributed by atoms with E-state index in [4.69, 9.17) is 14.6 Å². The summed E-state index contributed by atoms with van der Waals surface area (Å²) < 4.78 is 12.3. The summed E-state index contributed by atoms with van der Waals surface area (Å²) in [4.78, 5) is 0. The monoisotopic (exact) mass is 366 g/mol. The molecule has 0 aliphatic carbocycles. The van der Waals surface area contributed by atoms with Gasteiger partial charge in [0.05, 0.1) is 25.2 Å². The zero-order valence-corrected chi connectivity index (χ0v) is 15.5. The fraction of sp³-hybridized carbons (Fsp3) is 0.211. The van der Waals surface area contributed by atoms with E-state index in [0.29, 0.717) is 5.82 Å². The number of benzene rings is 2. The van der Waals surface area contributed by atoms with E-state index >= 15 is 0 Å². The molecule has 1 aliphatic rings. The first kappa shape index (κ1) is 16.7. The van der Waals surface area contributed by atoms with Gasteiger partial charge < -0.3 is 9.47 Å². The average Bonchev–Trinajstić information content (AvgIpc) is 3.10. The van der Waals surface area contributed by atoms with Crippen LogP contribution in [0, 0.1) is 0 Å². The van der Waals surface area contributed by atoms with Crippen molar-refractivity contribution < 1.29 is 9.47 Å². The fourth-order valence-electron chi connectivity index (χ4n) is 2.81. The van der Waals surface area contributed by atoms with Gasteiger partial charge in [0.1, 0.15) is 11.5 Å². The molecule has 0 N–H and O–H groups in total. The Labute approximate surface area is 155 Å². The Morgan fingerprint density at radius 2 is 1.42 bits per heavy atom. The van der Waals surface area contributed by atoms with Crippen molar-refractivity contribution in [2.45, 2.75) is 17.3 Å². The van der Waals surface area contributed by atoms with Gasteiger partial charge in [-0.2, -0.15) is 9.78 Å². The van der Waals surface area contributed by atoms with Crippen molar-refractivity contribution >= 4 is 17.5 Å². The highest BCUT2D eigenvalue weighted by molar-refractivity contribution is 8.00. The lowest BCUT2D eigenvalue weighted by Crippen LogP contribution is -2.21. The normalized spacial score (nSPS) is 16.0. The molecule has 1 atom stereocenters. The van der Waals surface area contributed by atoms with Gasteiger partial charge in [0.15, 0.2) is 5.82 Å². The molecule has 26 heavy (non-hydrogen) atoms. The summed E-state index contributed by atoms with van der Waals surface area (Å²) in [5, 5.41) is 14.5. The van der Waals surface area contributed by atoms with E-state index < -0.39 is 0 Å². The Morgan fingerprint density at radius 3 is 2.00 bits per heavy atom. The second-order valence-electron chi connectivity index (χ2n) is 5.82. The fourth-order valence-corrected chi connectivity index (χ4v) is 3.73. The first-order valence-electron chi connectivity index (χ1n) is 8.19. The molecule has 2 aromatic carbocycles. The Morgan fingerprint density at radius 1 is 0.846 bits per heavy atom. The van der Waals surface area contributed by atoms with E-state index in [-0.39, 0.29) is 5.25 Å². The van der Waals surface area contributed by atoms with E-state index in [1.165, 1.54) is 0 Å². The second-order valence-corrected chi connectivity index (χ2v) is 7.13. The summed E-state index contributed by atoms with van der Waals surface area (Å²) in [5.41, 5.74) is 2.99. The number of aromatic nitrogens is 3. The molecule has 0 saturated heterocycles. The number of nitrogens with zero attached hydrogens (tertiary/aromatic N) is 4. The van der Waals surface area contributed by atoms with Crippen LogP contribution in [-0.4, -0.2) is 40.1 Å². The van der Waals surface area contributed by atoms with Gasteiger partial charge in [-0.15, -0.1) is 10.2 Å². The largest absolute Gasteiger partial charge is 0.497 e. The molecule has 2 heterocycles. The molecule has 3 aromatic rings. The summed E-state index contributed by atoms with van der Waals surface area (Å²) in [6.07, 6.45) is 0. The molecule has 132 valence electrons. The zero-order chi connectivity index (χ0) is 18.1. The number of hydrogen-bond donors (Lipinski definition) is 0. The highest BCUT2D eigenvalue weighted by atomic mass is 32.2. The van der Waals surface area contributed by atoms with Gasteiger partial charge in [-0.1, -0.05) is 11.8 Å². The second kappa shape index (κ2) is 6.84. The lowest BCUT2D eigenvalue weighted by molar-refractivity contribution is 0.414. The first-order valence-corrected chi connectivity index (χ1v) is 9.07. The summed E-state index contributed by atoms with van der Waals surface area (Å²) in [5.74, 6) is 2.35. The van der Waals surface area contributed by atoms with Crippen LogP contribution in [0.4, 0.5) is 0 Å². The zero-order valence-electron chi connectivity index (χ0n) is 14.7. The van der Waals surface area contributed by atoms with Crippen molar-refractivity contribution in [3.8, 4) is 22.9 Å². The quantitative estimate of drug-likeness (QED) is 0.704. The maximum absolute atomic E-state index is 5.24. The van der Waals surface area contributed by atoms with Crippen molar-refractivity contribution in [1.29, 1.82) is 0 Å². The van der Waals surface area contributed by atoms with Crippen LogP contribution in [-0.2, 0) is 0 Å². The molecule has 0 bridgehead atoms. The molecule has 7 heteroatoms. The lowest BCUT2D eigenvalue weighted by atomic mass is 10.1. The third-order valence-electron chi connectivity index (χ3n) is 4.22. The van der Waals surface area contributed by atoms with Crippen molar-refractivity contribution in [2.75, 3.05) is 14.2 Å². The van der Waals surface area contributed by atoms with E-state index in [9.17, 15) is 0 Å². The Bertz CT molecular complexity index is 949. The molecular weight excluding hydrogens is 348 g/mol. The molecule has 0 amide bonds. The first-order chi connectivity index (χ1) is 12.7. The van der Waals surface area contributed by atoms with Crippen LogP contribution >= 0.6 is 11.8 Å². The molecule has 0 unspecified atom stereocenters. The van der Waals surface area contributed by atoms with E-state index in [2.05, 4.69) is 17.1 Å². The molecule has 1 aromatic heterocycles. The predicted octanol–water partition coefficient (Wildman–Crippen LogP) is 3.71. The summed E-state index contributed by atoms with van der Waals surface area (Å²) >= 11 is 1.65. The average molecular weight is 366 g/mol. The minimum Gasteiger partial charge on any atom is -0.497 e. The number of thioether (sulfide) groups is 1. The van der Waals surface area contributed by atoms with Gasteiger partial charge >= 0.3 is 0 Å². The third-order valence-corrected chi connectivity index (χ3v) is 5.26. The smallest absolute Gasteiger partial charge is 0.213 e. The van der Waals surface area contributed by atoms with Crippen LogP contribution in [0.1, 0.15) is 12.5 Å². The number of ether oxygens (including phenoxy) is 2. The molecule has 0 saturated carbocycles. The minimum atomic E-state index is 0.184. The van der Waals surface area contributed by atoms with Gasteiger partial charge in [0.25, 0.3) is 0 Å². The predicted molar refractivity (Wildman–Crippen MR) is 102 cm³/mol. The Hall–Kier alpha value is -2.80. The van der Waals surface area contributed by atoms with Gasteiger partial charge in [0.2, 0.25) is 5.16 Å². The highest BCUT2D eigenvalue weighted by Crippen LogP contribution is 2.33. The van der Waals surface area contributed by atoms with E-state index in [0.717, 1.165) is 33.5 Å². The van der Waals surface area contributed by atoms with Gasteiger partial charge in [0, 0.05) is 5.56 Å². The van der Waals surface area contributed by atoms with Crippen LogP contribution in [0.3, 0.4) is 0 Å². The molecule has 0 spiro atoms. The Kier molecular flexibility index (Phi) is 4.38. The number of fused-ring (bicyclic) bond motifs is 1. The van der Waals surface area contributed by atoms with Crippen molar-refractivity contribution in [2.24, 2.45) is 5.10 Å². The van der Waals surface area contributed by atoms with Crippen molar-refractivity contribution in [1.82, 2.24) is 14.9 Å². The van der Waals surface area contributed by atoms with Crippen LogP contribution in [0.5, 0.6) is 11.5 Å². The summed E-state index contributed by atoms with van der Waals surface area (Å²) in [7, 11) is 3.31. The minimum absolute atomic E-state index is 0.184. The van der Waals surface area contributed by atoms with Gasteiger partial charge in [-0.25, -0.2) is 0 Å². The SMILES string of the molecule is COc1ccc(C2=Nn3c(nnc3-c3ccc(OC)cc3)S[C@H]2C)cc1. The number of rotatable bonds is 4. The Balaban J connectivity index is 1.75. The van der Waals surface area contributed by atoms with Crippen LogP contribution in [0.25, 0.3) is 11.4 Å².